The predicted molar refractivity (Wildman–Crippen MR) is 202 cm³/mol. The number of benzene rings is 4. The third-order valence-corrected chi connectivity index (χ3v) is 12.6. The molecule has 4 atom stereocenters. The van der Waals surface area contributed by atoms with Crippen LogP contribution in [0.4, 0.5) is 26.3 Å². The Labute approximate surface area is 352 Å². The van der Waals surface area contributed by atoms with E-state index in [0.29, 0.717) is 31.5 Å². The molecule has 0 saturated carbocycles. The number of alkyl halides is 6. The summed E-state index contributed by atoms with van der Waals surface area (Å²) < 4.78 is 105. The number of hydrogen-bond donors (Lipinski definition) is 0. The summed E-state index contributed by atoms with van der Waals surface area (Å²) in [5, 5.41) is 9.50. The molecule has 0 bridgehead atoms. The highest BCUT2D eigenvalue weighted by Gasteiger charge is 2.63. The molecule has 22 heteroatoms. The molecular formula is C36H22Cl4F6N6O4S2. The third kappa shape index (κ3) is 8.17. The van der Waals surface area contributed by atoms with Crippen molar-refractivity contribution in [1.82, 2.24) is 29.5 Å². The molecule has 2 fully saturated rings. The van der Waals surface area contributed by atoms with Gasteiger partial charge in [-0.1, -0.05) is 107 Å². The standard InChI is InChI=1S/C36H22Cl4F6N6O4S2/c37-23-11-3-1-9-21(23)33(29(55-33)19-7-5-13-25(39)27(19)53-35(41,42)43)15-51-31(47-17-49-51)57-58-32-48-18-50-52(32)16-34(22-10-2-4-12-24(22)38)30(56-34)20-8-6-14-26(40)28(20)54-36(44,45)46/h1-14,17-18,29-30H,15-16H2. The number of aromatic nitrogens is 6. The predicted octanol–water partition coefficient (Wildman–Crippen LogP) is 11.4. The summed E-state index contributed by atoms with van der Waals surface area (Å²) in [5.41, 5.74) is -1.60. The molecule has 2 aliphatic rings. The molecule has 0 aliphatic carbocycles. The lowest BCUT2D eigenvalue weighted by Crippen LogP contribution is -2.22. The van der Waals surface area contributed by atoms with Crippen molar-refractivity contribution in [3.05, 3.63) is 140 Å². The van der Waals surface area contributed by atoms with Gasteiger partial charge in [0.25, 0.3) is 0 Å². The first-order valence-corrected chi connectivity index (χ1v) is 20.3. The number of hydrogen-bond acceptors (Lipinski definition) is 10. The summed E-state index contributed by atoms with van der Waals surface area (Å²) in [4.78, 5) is 8.78. The van der Waals surface area contributed by atoms with Crippen molar-refractivity contribution >= 4 is 68.0 Å². The molecule has 302 valence electrons. The number of rotatable bonds is 13. The fraction of sp³-hybridized carbons (Fsp3) is 0.222. The number of halogens is 10. The number of epoxide rings is 2. The van der Waals surface area contributed by atoms with Crippen LogP contribution in [-0.2, 0) is 33.8 Å². The van der Waals surface area contributed by atoms with Crippen LogP contribution in [0.1, 0.15) is 34.5 Å². The molecule has 0 radical (unpaired) electrons. The second-order valence-corrected chi connectivity index (χ2v) is 16.4. The summed E-state index contributed by atoms with van der Waals surface area (Å²) in [7, 11) is 2.26. The Hall–Kier alpha value is -3.88. The molecular weight excluding hydrogens is 900 g/mol. The molecule has 10 nitrogen and oxygen atoms in total. The highest BCUT2D eigenvalue weighted by molar-refractivity contribution is 8.76. The molecule has 2 aliphatic heterocycles. The zero-order valence-corrected chi connectivity index (χ0v) is 33.4. The maximum absolute atomic E-state index is 13.5. The summed E-state index contributed by atoms with van der Waals surface area (Å²) in [6.07, 6.45) is -9.46. The van der Waals surface area contributed by atoms with Crippen LogP contribution in [0.15, 0.2) is 108 Å². The van der Waals surface area contributed by atoms with Crippen LogP contribution in [-0.4, -0.2) is 42.3 Å². The van der Waals surface area contributed by atoms with E-state index >= 15 is 0 Å². The first-order valence-electron chi connectivity index (χ1n) is 16.6. The highest BCUT2D eigenvalue weighted by atomic mass is 35.5. The van der Waals surface area contributed by atoms with Crippen LogP contribution in [0.5, 0.6) is 11.5 Å². The van der Waals surface area contributed by atoms with E-state index in [4.69, 9.17) is 55.9 Å². The van der Waals surface area contributed by atoms with E-state index in [9.17, 15) is 26.3 Å². The smallest absolute Gasteiger partial charge is 0.404 e. The fourth-order valence-electron chi connectivity index (χ4n) is 6.69. The topological polar surface area (TPSA) is 105 Å². The lowest BCUT2D eigenvalue weighted by atomic mass is 9.91. The molecule has 2 aromatic heterocycles. The van der Waals surface area contributed by atoms with Gasteiger partial charge in [0.2, 0.25) is 0 Å². The minimum atomic E-state index is -5.03. The Balaban J connectivity index is 1.07. The van der Waals surface area contributed by atoms with Gasteiger partial charge in [0.1, 0.15) is 36.1 Å². The Bertz CT molecular complexity index is 2330. The highest BCUT2D eigenvalue weighted by Crippen LogP contribution is 2.63. The lowest BCUT2D eigenvalue weighted by Gasteiger charge is -2.19. The normalized spacial score (nSPS) is 21.6. The van der Waals surface area contributed by atoms with E-state index in [1.807, 2.05) is 0 Å². The number of para-hydroxylation sites is 2. The van der Waals surface area contributed by atoms with Gasteiger partial charge in [-0.3, -0.25) is 0 Å². The Morgan fingerprint density at radius 3 is 1.33 bits per heavy atom. The van der Waals surface area contributed by atoms with Crippen molar-refractivity contribution in [2.45, 2.75) is 59.5 Å². The van der Waals surface area contributed by atoms with E-state index in [2.05, 4.69) is 29.6 Å². The second kappa shape index (κ2) is 15.6. The molecule has 8 rings (SSSR count). The molecule has 4 unspecified atom stereocenters. The van der Waals surface area contributed by atoms with Gasteiger partial charge in [0.05, 0.1) is 23.1 Å². The molecule has 2 saturated heterocycles. The SMILES string of the molecule is FC(F)(F)Oc1c(Cl)cccc1C1OC1(Cn1ncnc1SSc1ncnn1CC1(c2ccccc2Cl)OC1c1cccc(Cl)c1OC(F)(F)F)c1ccccc1Cl. The van der Waals surface area contributed by atoms with Crippen LogP contribution in [0.25, 0.3) is 0 Å². The minimum Gasteiger partial charge on any atom is -0.404 e. The maximum Gasteiger partial charge on any atom is 0.573 e. The van der Waals surface area contributed by atoms with E-state index in [-0.39, 0.29) is 34.3 Å². The van der Waals surface area contributed by atoms with Crippen molar-refractivity contribution in [1.29, 1.82) is 0 Å². The third-order valence-electron chi connectivity index (χ3n) is 9.16. The molecule has 58 heavy (non-hydrogen) atoms. The van der Waals surface area contributed by atoms with Crippen molar-refractivity contribution < 1.29 is 45.3 Å². The zero-order valence-electron chi connectivity index (χ0n) is 28.7. The summed E-state index contributed by atoms with van der Waals surface area (Å²) >= 11 is 25.7. The molecule has 6 aromatic rings. The summed E-state index contributed by atoms with van der Waals surface area (Å²) in [6, 6.07) is 21.9. The van der Waals surface area contributed by atoms with Gasteiger partial charge in [-0.05, 0) is 45.9 Å². The summed E-state index contributed by atoms with van der Waals surface area (Å²) in [6.45, 7) is -0.107. The maximum atomic E-state index is 13.5. The average molecular weight is 923 g/mol. The fourth-order valence-corrected chi connectivity index (χ4v) is 9.67. The van der Waals surface area contributed by atoms with Crippen LogP contribution in [0, 0.1) is 0 Å². The van der Waals surface area contributed by atoms with Crippen molar-refractivity contribution in [3.8, 4) is 11.5 Å². The van der Waals surface area contributed by atoms with Crippen LogP contribution >= 0.6 is 68.0 Å². The van der Waals surface area contributed by atoms with E-state index in [1.54, 1.807) is 48.5 Å². The molecule has 0 N–H and O–H groups in total. The monoisotopic (exact) mass is 920 g/mol. The van der Waals surface area contributed by atoms with Gasteiger partial charge in [-0.2, -0.15) is 10.2 Å². The Morgan fingerprint density at radius 2 is 0.948 bits per heavy atom. The number of nitrogens with zero attached hydrogens (tertiary/aromatic N) is 6. The molecule has 4 aromatic carbocycles. The van der Waals surface area contributed by atoms with Gasteiger partial charge in [0.15, 0.2) is 21.8 Å². The lowest BCUT2D eigenvalue weighted by molar-refractivity contribution is -0.275. The summed E-state index contributed by atoms with van der Waals surface area (Å²) in [5.74, 6) is -1.20. The van der Waals surface area contributed by atoms with Crippen molar-refractivity contribution in [3.63, 3.8) is 0 Å². The largest absolute Gasteiger partial charge is 0.573 e. The first-order chi connectivity index (χ1) is 27.6. The van der Waals surface area contributed by atoms with Gasteiger partial charge in [0, 0.05) is 32.3 Å². The Kier molecular flexibility index (Phi) is 11.0. The van der Waals surface area contributed by atoms with Crippen LogP contribution < -0.4 is 9.47 Å². The van der Waals surface area contributed by atoms with Crippen LogP contribution in [0.2, 0.25) is 20.1 Å². The molecule has 0 amide bonds. The van der Waals surface area contributed by atoms with Crippen molar-refractivity contribution in [2.24, 2.45) is 0 Å². The van der Waals surface area contributed by atoms with E-state index in [1.165, 1.54) is 58.4 Å². The average Bonchev–Trinajstić information content (AvgIpc) is 3.92. The first kappa shape index (κ1) is 40.9. The van der Waals surface area contributed by atoms with Crippen LogP contribution in [0.3, 0.4) is 0 Å². The van der Waals surface area contributed by atoms with Gasteiger partial charge < -0.3 is 18.9 Å². The molecule has 4 heterocycles. The zero-order chi connectivity index (χ0) is 41.0. The second-order valence-electron chi connectivity index (χ2n) is 12.7. The van der Waals surface area contributed by atoms with Gasteiger partial charge >= 0.3 is 12.7 Å². The number of ether oxygens (including phenoxy) is 4. The van der Waals surface area contributed by atoms with Gasteiger partial charge in [-0.25, -0.2) is 19.3 Å². The molecule has 0 spiro atoms. The van der Waals surface area contributed by atoms with E-state index < -0.39 is 47.6 Å². The Morgan fingerprint density at radius 1 is 0.569 bits per heavy atom. The quantitative estimate of drug-likeness (QED) is 0.0632. The van der Waals surface area contributed by atoms with Gasteiger partial charge in [-0.15, -0.1) is 26.3 Å². The van der Waals surface area contributed by atoms with E-state index in [0.717, 1.165) is 21.6 Å². The van der Waals surface area contributed by atoms with Crippen molar-refractivity contribution in [2.75, 3.05) is 0 Å². The minimum absolute atomic E-state index is 0.0458.